The molecule has 1 aromatic rings. The fourth-order valence-electron chi connectivity index (χ4n) is 1.26. The standard InChI is InChI=1S/C7H10BBrF3N2.K/c1-3-5-7(9)6(14(2)13-5)4-8(10,11)12;/h3-4H2,1-2H3;/q-1;+1. The minimum atomic E-state index is -4.80. The smallest absolute Gasteiger partial charge is 0.449 e. The molecule has 0 bridgehead atoms. The quantitative estimate of drug-likeness (QED) is 0.700. The molecule has 0 atom stereocenters. The van der Waals surface area contributed by atoms with Crippen molar-refractivity contribution in [3.8, 4) is 0 Å². The van der Waals surface area contributed by atoms with Gasteiger partial charge in [0, 0.05) is 12.7 Å². The second-order valence-corrected chi connectivity index (χ2v) is 3.89. The molecular formula is C7H10BBrF3KN2. The summed E-state index contributed by atoms with van der Waals surface area (Å²) in [5.41, 5.74) is 0.872. The summed E-state index contributed by atoms with van der Waals surface area (Å²) in [5.74, 6) is 0. The fourth-order valence-corrected chi connectivity index (χ4v) is 2.04. The fraction of sp³-hybridized carbons (Fsp3) is 0.571. The van der Waals surface area contributed by atoms with E-state index in [1.807, 2.05) is 6.92 Å². The van der Waals surface area contributed by atoms with Crippen molar-refractivity contribution in [1.82, 2.24) is 9.78 Å². The number of hydrogen-bond acceptors (Lipinski definition) is 1. The first-order chi connectivity index (χ1) is 6.35. The summed E-state index contributed by atoms with van der Waals surface area (Å²) in [4.78, 5) is 0. The Morgan fingerprint density at radius 2 is 1.93 bits per heavy atom. The molecule has 15 heavy (non-hydrogen) atoms. The maximum Gasteiger partial charge on any atom is 1.00 e. The van der Waals surface area contributed by atoms with Gasteiger partial charge in [-0.25, -0.2) is 0 Å². The van der Waals surface area contributed by atoms with Crippen molar-refractivity contribution in [2.24, 2.45) is 7.05 Å². The molecule has 0 spiro atoms. The van der Waals surface area contributed by atoms with Crippen molar-refractivity contribution in [3.05, 3.63) is 15.9 Å². The van der Waals surface area contributed by atoms with Gasteiger partial charge < -0.3 is 12.9 Å². The van der Waals surface area contributed by atoms with Crippen LogP contribution in [-0.4, -0.2) is 16.8 Å². The second-order valence-electron chi connectivity index (χ2n) is 3.10. The van der Waals surface area contributed by atoms with Gasteiger partial charge in [0.1, 0.15) is 0 Å². The Kier molecular flexibility index (Phi) is 6.69. The van der Waals surface area contributed by atoms with Crippen LogP contribution in [-0.2, 0) is 19.8 Å². The molecule has 0 aliphatic rings. The van der Waals surface area contributed by atoms with Gasteiger partial charge in [-0.3, -0.25) is 4.68 Å². The Morgan fingerprint density at radius 3 is 2.27 bits per heavy atom. The van der Waals surface area contributed by atoms with E-state index >= 15 is 0 Å². The van der Waals surface area contributed by atoms with Crippen molar-refractivity contribution in [1.29, 1.82) is 0 Å². The molecule has 8 heteroatoms. The molecule has 0 aliphatic carbocycles. The molecule has 0 aliphatic heterocycles. The molecule has 0 saturated heterocycles. The zero-order chi connectivity index (χ0) is 10.9. The maximum atomic E-state index is 12.2. The number of rotatable bonds is 3. The molecule has 0 N–H and O–H groups in total. The predicted octanol–water partition coefficient (Wildman–Crippen LogP) is -0.322. The first-order valence-electron chi connectivity index (χ1n) is 4.26. The average Bonchev–Trinajstić information content (AvgIpc) is 2.29. The van der Waals surface area contributed by atoms with E-state index in [0.29, 0.717) is 16.6 Å². The Bertz CT molecular complexity index is 340. The zero-order valence-corrected chi connectivity index (χ0v) is 13.6. The number of halogens is 4. The summed E-state index contributed by atoms with van der Waals surface area (Å²) < 4.78 is 38.4. The van der Waals surface area contributed by atoms with E-state index in [4.69, 9.17) is 0 Å². The van der Waals surface area contributed by atoms with Gasteiger partial charge >= 0.3 is 58.4 Å². The van der Waals surface area contributed by atoms with Crippen LogP contribution in [0, 0.1) is 0 Å². The van der Waals surface area contributed by atoms with E-state index in [-0.39, 0.29) is 57.1 Å². The van der Waals surface area contributed by atoms with E-state index in [2.05, 4.69) is 21.0 Å². The molecule has 0 radical (unpaired) electrons. The van der Waals surface area contributed by atoms with Crippen molar-refractivity contribution >= 4 is 22.9 Å². The van der Waals surface area contributed by atoms with Gasteiger partial charge in [-0.1, -0.05) is 6.92 Å². The van der Waals surface area contributed by atoms with Crippen molar-refractivity contribution in [2.75, 3.05) is 0 Å². The molecule has 80 valence electrons. The van der Waals surface area contributed by atoms with Crippen molar-refractivity contribution in [3.63, 3.8) is 0 Å². The topological polar surface area (TPSA) is 17.8 Å². The van der Waals surface area contributed by atoms with E-state index in [9.17, 15) is 12.9 Å². The van der Waals surface area contributed by atoms with Crippen LogP contribution < -0.4 is 51.4 Å². The van der Waals surface area contributed by atoms with Crippen molar-refractivity contribution < 1.29 is 64.3 Å². The monoisotopic (exact) mass is 308 g/mol. The molecule has 0 unspecified atom stereocenters. The third-order valence-electron chi connectivity index (χ3n) is 1.93. The second kappa shape index (κ2) is 6.21. The first-order valence-corrected chi connectivity index (χ1v) is 5.05. The van der Waals surface area contributed by atoms with E-state index < -0.39 is 13.3 Å². The summed E-state index contributed by atoms with van der Waals surface area (Å²) in [6.07, 6.45) is -0.261. The third-order valence-corrected chi connectivity index (χ3v) is 2.84. The van der Waals surface area contributed by atoms with Gasteiger partial charge in [0.25, 0.3) is 0 Å². The summed E-state index contributed by atoms with van der Waals surface area (Å²) in [5, 5.41) is 3.99. The molecule has 1 aromatic heterocycles. The molecular weight excluding hydrogens is 299 g/mol. The molecule has 2 nitrogen and oxygen atoms in total. The number of hydrogen-bond donors (Lipinski definition) is 0. The molecule has 1 rings (SSSR count). The summed E-state index contributed by atoms with van der Waals surface area (Å²) in [6, 6.07) is 0. The molecule has 0 amide bonds. The van der Waals surface area contributed by atoms with E-state index in [1.165, 1.54) is 11.7 Å². The minimum absolute atomic E-state index is 0. The van der Waals surface area contributed by atoms with Crippen LogP contribution >= 0.6 is 15.9 Å². The molecule has 0 aromatic carbocycles. The number of aryl methyl sites for hydroxylation is 2. The van der Waals surface area contributed by atoms with Gasteiger partial charge in [-0.15, -0.1) is 0 Å². The Labute approximate surface area is 138 Å². The maximum absolute atomic E-state index is 12.2. The SMILES string of the molecule is CCc1nn(C)c(C[B-](F)(F)F)c1Br.[K+]. The largest absolute Gasteiger partial charge is 1.00 e. The minimum Gasteiger partial charge on any atom is -0.449 e. The first kappa shape index (κ1) is 16.2. The van der Waals surface area contributed by atoms with Crippen LogP contribution in [0.5, 0.6) is 0 Å². The van der Waals surface area contributed by atoms with Crippen LogP contribution in [0.2, 0.25) is 0 Å². The Balaban J connectivity index is 0.00000196. The molecule has 0 fully saturated rings. The molecule has 1 heterocycles. The molecule has 0 saturated carbocycles. The van der Waals surface area contributed by atoms with E-state index in [0.717, 1.165) is 0 Å². The van der Waals surface area contributed by atoms with Crippen LogP contribution in [0.4, 0.5) is 12.9 Å². The normalized spacial score (nSPS) is 11.3. The average molecular weight is 309 g/mol. The van der Waals surface area contributed by atoms with Crippen LogP contribution in [0.25, 0.3) is 0 Å². The van der Waals surface area contributed by atoms with Gasteiger partial charge in [-0.2, -0.15) is 5.10 Å². The zero-order valence-electron chi connectivity index (χ0n) is 8.90. The van der Waals surface area contributed by atoms with Gasteiger partial charge in [0.2, 0.25) is 0 Å². The number of nitrogens with zero attached hydrogens (tertiary/aromatic N) is 2. The van der Waals surface area contributed by atoms with Gasteiger partial charge in [0.05, 0.1) is 10.2 Å². The summed E-state index contributed by atoms with van der Waals surface area (Å²) in [6.45, 7) is -2.95. The summed E-state index contributed by atoms with van der Waals surface area (Å²) in [7, 11) is 1.53. The Hall–Kier alpha value is 1.18. The Morgan fingerprint density at radius 1 is 1.40 bits per heavy atom. The van der Waals surface area contributed by atoms with Crippen LogP contribution in [0.15, 0.2) is 4.47 Å². The predicted molar refractivity (Wildman–Crippen MR) is 53.1 cm³/mol. The summed E-state index contributed by atoms with van der Waals surface area (Å²) >= 11 is 3.14. The van der Waals surface area contributed by atoms with E-state index in [1.54, 1.807) is 0 Å². The third kappa shape index (κ3) is 4.51. The van der Waals surface area contributed by atoms with Crippen LogP contribution in [0.1, 0.15) is 18.3 Å². The van der Waals surface area contributed by atoms with Crippen LogP contribution in [0.3, 0.4) is 0 Å². The van der Waals surface area contributed by atoms with Gasteiger partial charge in [0.15, 0.2) is 0 Å². The van der Waals surface area contributed by atoms with Crippen molar-refractivity contribution in [2.45, 2.75) is 19.7 Å². The number of aromatic nitrogens is 2. The van der Waals surface area contributed by atoms with Gasteiger partial charge in [-0.05, 0) is 28.7 Å².